The van der Waals surface area contributed by atoms with Crippen molar-refractivity contribution in [2.75, 3.05) is 0 Å². The Morgan fingerprint density at radius 2 is 1.67 bits per heavy atom. The summed E-state index contributed by atoms with van der Waals surface area (Å²) in [5.74, 6) is -1.39. The Morgan fingerprint density at radius 1 is 1.08 bits per heavy atom. The smallest absolute Gasteiger partial charge is 0.870 e. The van der Waals surface area contributed by atoms with E-state index in [0.717, 1.165) is 11.1 Å². The number of hydrogen-bond donors (Lipinski definition) is 1. The van der Waals surface area contributed by atoms with Gasteiger partial charge in [0.1, 0.15) is 11.5 Å². The minimum absolute atomic E-state index is 0. The molecule has 118 valence electrons. The van der Waals surface area contributed by atoms with Crippen molar-refractivity contribution in [2.24, 2.45) is 7.05 Å². The summed E-state index contributed by atoms with van der Waals surface area (Å²) >= 11 is 0. The maximum Gasteiger partial charge on any atom is 1.00 e. The normalized spacial score (nSPS) is 9.75. The molecule has 0 unspecified atom stereocenters. The third kappa shape index (κ3) is 4.00. The van der Waals surface area contributed by atoms with Crippen LogP contribution in [-0.4, -0.2) is 26.1 Å². The summed E-state index contributed by atoms with van der Waals surface area (Å²) in [4.78, 5) is 15.6. The summed E-state index contributed by atoms with van der Waals surface area (Å²) in [5, 5.41) is 9.52. The number of rotatable bonds is 3. The fourth-order valence-electron chi connectivity index (χ4n) is 2.54. The second-order valence-corrected chi connectivity index (χ2v) is 4.93. The second-order valence-electron chi connectivity index (χ2n) is 4.93. The molecule has 0 amide bonds. The van der Waals surface area contributed by atoms with E-state index in [-0.39, 0.29) is 68.4 Å². The SMILES string of the molecule is Cn1cc(-c2ccncc2)c(-c2ccc(F)cc2)c1C(=O)O.[K+].[OH-]. The molecule has 0 radical (unpaired) electrons. The van der Waals surface area contributed by atoms with Crippen molar-refractivity contribution in [3.8, 4) is 22.3 Å². The van der Waals surface area contributed by atoms with Crippen LogP contribution in [0.1, 0.15) is 10.5 Å². The van der Waals surface area contributed by atoms with E-state index in [2.05, 4.69) is 4.98 Å². The fourth-order valence-corrected chi connectivity index (χ4v) is 2.54. The van der Waals surface area contributed by atoms with Gasteiger partial charge in [0.05, 0.1) is 0 Å². The zero-order valence-electron chi connectivity index (χ0n) is 13.3. The number of carbonyl (C=O) groups is 1. The molecule has 0 saturated heterocycles. The van der Waals surface area contributed by atoms with Crippen LogP contribution in [0.2, 0.25) is 0 Å². The molecule has 0 atom stereocenters. The molecule has 0 aliphatic heterocycles. The van der Waals surface area contributed by atoms with Crippen molar-refractivity contribution in [3.05, 3.63) is 66.5 Å². The number of aromatic carboxylic acids is 1. The van der Waals surface area contributed by atoms with Crippen molar-refractivity contribution in [1.82, 2.24) is 9.55 Å². The maximum atomic E-state index is 13.2. The van der Waals surface area contributed by atoms with Crippen LogP contribution in [-0.2, 0) is 7.05 Å². The standard InChI is InChI=1S/C17H13FN2O2.K.H2O/c1-20-10-14(11-6-8-19-9-7-11)15(16(20)17(21)22)12-2-4-13(18)5-3-12;;/h2-10H,1H3,(H,21,22);;1H2/q;+1;/p-1. The number of nitrogens with zero attached hydrogens (tertiary/aromatic N) is 2. The molecule has 3 rings (SSSR count). The van der Waals surface area contributed by atoms with Gasteiger partial charge in [0.15, 0.2) is 0 Å². The molecule has 2 aromatic heterocycles. The molecule has 0 saturated carbocycles. The van der Waals surface area contributed by atoms with E-state index in [9.17, 15) is 14.3 Å². The van der Waals surface area contributed by atoms with Gasteiger partial charge in [0, 0.05) is 36.8 Å². The van der Waals surface area contributed by atoms with E-state index in [1.54, 1.807) is 42.3 Å². The van der Waals surface area contributed by atoms with Gasteiger partial charge in [-0.15, -0.1) is 0 Å². The van der Waals surface area contributed by atoms with E-state index in [1.165, 1.54) is 12.1 Å². The topological polar surface area (TPSA) is 85.1 Å². The molecule has 2 heterocycles. The molecule has 2 N–H and O–H groups in total. The predicted octanol–water partition coefficient (Wildman–Crippen LogP) is 0.419. The van der Waals surface area contributed by atoms with Crippen molar-refractivity contribution in [3.63, 3.8) is 0 Å². The zero-order chi connectivity index (χ0) is 15.7. The molecule has 5 nitrogen and oxygen atoms in total. The van der Waals surface area contributed by atoms with Crippen molar-refractivity contribution < 1.29 is 71.2 Å². The summed E-state index contributed by atoms with van der Waals surface area (Å²) in [5.41, 5.74) is 3.03. The minimum Gasteiger partial charge on any atom is -0.870 e. The summed E-state index contributed by atoms with van der Waals surface area (Å²) in [6.07, 6.45) is 5.06. The molecule has 3 aromatic rings. The number of pyridine rings is 1. The van der Waals surface area contributed by atoms with Gasteiger partial charge in [-0.05, 0) is 35.4 Å². The van der Waals surface area contributed by atoms with Crippen LogP contribution in [0.3, 0.4) is 0 Å². The first-order valence-electron chi connectivity index (χ1n) is 6.67. The van der Waals surface area contributed by atoms with Crippen molar-refractivity contribution in [1.29, 1.82) is 0 Å². The first-order valence-corrected chi connectivity index (χ1v) is 6.67. The van der Waals surface area contributed by atoms with Gasteiger partial charge in [0.2, 0.25) is 0 Å². The molecule has 0 aliphatic rings. The van der Waals surface area contributed by atoms with E-state index < -0.39 is 5.97 Å². The number of aryl methyl sites for hydroxylation is 1. The first kappa shape index (κ1) is 20.7. The third-order valence-electron chi connectivity index (χ3n) is 3.51. The maximum absolute atomic E-state index is 13.2. The van der Waals surface area contributed by atoms with Crippen LogP contribution in [0, 0.1) is 5.82 Å². The summed E-state index contributed by atoms with van der Waals surface area (Å²) in [6.45, 7) is 0. The number of aromatic nitrogens is 2. The second kappa shape index (κ2) is 8.66. The monoisotopic (exact) mass is 352 g/mol. The van der Waals surface area contributed by atoms with Gasteiger partial charge >= 0.3 is 57.4 Å². The van der Waals surface area contributed by atoms with E-state index in [1.807, 2.05) is 12.1 Å². The summed E-state index contributed by atoms with van der Waals surface area (Å²) in [6, 6.07) is 9.44. The fraction of sp³-hybridized carbons (Fsp3) is 0.0588. The molecular formula is C17H14FKN2O3. The molecular weight excluding hydrogens is 338 g/mol. The largest absolute Gasteiger partial charge is 1.00 e. The van der Waals surface area contributed by atoms with Crippen LogP contribution >= 0.6 is 0 Å². The Morgan fingerprint density at radius 3 is 2.21 bits per heavy atom. The molecule has 7 heteroatoms. The van der Waals surface area contributed by atoms with Crippen LogP contribution in [0.15, 0.2) is 55.0 Å². The minimum atomic E-state index is -1.03. The molecule has 0 fully saturated rings. The molecule has 24 heavy (non-hydrogen) atoms. The number of carboxylic acids is 1. The summed E-state index contributed by atoms with van der Waals surface area (Å²) < 4.78 is 14.7. The number of halogens is 1. The Hall–Kier alpha value is -1.35. The van der Waals surface area contributed by atoms with Crippen LogP contribution in [0.25, 0.3) is 22.3 Å². The number of carboxylic acid groups (broad SMARTS) is 1. The van der Waals surface area contributed by atoms with Gasteiger partial charge in [-0.2, -0.15) is 0 Å². The molecule has 0 bridgehead atoms. The van der Waals surface area contributed by atoms with Gasteiger partial charge in [-0.25, -0.2) is 9.18 Å². The van der Waals surface area contributed by atoms with Crippen LogP contribution in [0.5, 0.6) is 0 Å². The zero-order valence-corrected chi connectivity index (χ0v) is 16.4. The quantitative estimate of drug-likeness (QED) is 0.692. The number of hydrogen-bond acceptors (Lipinski definition) is 3. The van der Waals surface area contributed by atoms with Gasteiger partial charge < -0.3 is 15.1 Å². The summed E-state index contributed by atoms with van der Waals surface area (Å²) in [7, 11) is 1.68. The Kier molecular flexibility index (Phi) is 7.46. The van der Waals surface area contributed by atoms with Crippen molar-refractivity contribution >= 4 is 5.97 Å². The van der Waals surface area contributed by atoms with E-state index in [0.29, 0.717) is 11.1 Å². The Bertz CT molecular complexity index is 833. The van der Waals surface area contributed by atoms with E-state index >= 15 is 0 Å². The van der Waals surface area contributed by atoms with Crippen LogP contribution in [0.4, 0.5) is 4.39 Å². The predicted molar refractivity (Wildman–Crippen MR) is 82.9 cm³/mol. The molecule has 1 aromatic carbocycles. The van der Waals surface area contributed by atoms with Gasteiger partial charge in [-0.3, -0.25) is 4.98 Å². The first-order chi connectivity index (χ1) is 10.6. The Balaban J connectivity index is 0.00000144. The Labute approximate surface area is 180 Å². The van der Waals surface area contributed by atoms with Crippen LogP contribution < -0.4 is 51.4 Å². The van der Waals surface area contributed by atoms with E-state index in [4.69, 9.17) is 0 Å². The average molecular weight is 352 g/mol. The average Bonchev–Trinajstić information content (AvgIpc) is 2.86. The van der Waals surface area contributed by atoms with Crippen molar-refractivity contribution in [2.45, 2.75) is 0 Å². The van der Waals surface area contributed by atoms with Gasteiger partial charge in [-0.1, -0.05) is 12.1 Å². The third-order valence-corrected chi connectivity index (χ3v) is 3.51. The molecule has 0 spiro atoms. The van der Waals surface area contributed by atoms with Gasteiger partial charge in [0.25, 0.3) is 0 Å². The molecule has 0 aliphatic carbocycles. The number of benzene rings is 1.